The van der Waals surface area contributed by atoms with E-state index in [0.29, 0.717) is 48.8 Å². The number of rotatable bonds is 2. The second-order valence-electron chi connectivity index (χ2n) is 5.66. The Labute approximate surface area is 137 Å². The number of benzene rings is 1. The summed E-state index contributed by atoms with van der Waals surface area (Å²) in [6, 6.07) is 10.6. The summed E-state index contributed by atoms with van der Waals surface area (Å²) < 4.78 is 5.16. The molecule has 0 atom stereocenters. The predicted molar refractivity (Wildman–Crippen MR) is 89.2 cm³/mol. The zero-order valence-electron chi connectivity index (χ0n) is 12.9. The van der Waals surface area contributed by atoms with Crippen LogP contribution in [0.2, 0.25) is 0 Å². The van der Waals surface area contributed by atoms with E-state index in [1.807, 2.05) is 23.1 Å². The number of nitrogens with one attached hydrogen (secondary N) is 1. The molecular formula is C17H16N4O3. The Morgan fingerprint density at radius 1 is 1.08 bits per heavy atom. The number of piperazine rings is 1. The lowest BCUT2D eigenvalue weighted by Gasteiger charge is -2.34. The maximum atomic E-state index is 12.3. The zero-order chi connectivity index (χ0) is 16.5. The molecule has 4 rings (SSSR count). The SMILES string of the molecule is O=C(c1ccco1)N1CCN(c2nc3ccccc3c(=O)[nH]2)CC1. The highest BCUT2D eigenvalue weighted by atomic mass is 16.3. The van der Waals surface area contributed by atoms with Gasteiger partial charge in [0.2, 0.25) is 5.95 Å². The number of carbonyl (C=O) groups excluding carboxylic acids is 1. The Morgan fingerprint density at radius 3 is 2.62 bits per heavy atom. The van der Waals surface area contributed by atoms with Crippen LogP contribution in [0.15, 0.2) is 51.9 Å². The van der Waals surface area contributed by atoms with Crippen molar-refractivity contribution in [2.24, 2.45) is 0 Å². The topological polar surface area (TPSA) is 82.4 Å². The molecule has 1 N–H and O–H groups in total. The highest BCUT2D eigenvalue weighted by Crippen LogP contribution is 2.15. The van der Waals surface area contributed by atoms with Crippen LogP contribution in [0, 0.1) is 0 Å². The smallest absolute Gasteiger partial charge is 0.289 e. The van der Waals surface area contributed by atoms with Gasteiger partial charge in [-0.25, -0.2) is 4.98 Å². The zero-order valence-corrected chi connectivity index (χ0v) is 12.9. The van der Waals surface area contributed by atoms with Gasteiger partial charge in [-0.1, -0.05) is 12.1 Å². The van der Waals surface area contributed by atoms with Gasteiger partial charge in [-0.2, -0.15) is 0 Å². The van der Waals surface area contributed by atoms with E-state index in [2.05, 4.69) is 9.97 Å². The van der Waals surface area contributed by atoms with Crippen LogP contribution in [0.5, 0.6) is 0 Å². The minimum absolute atomic E-state index is 0.111. The molecule has 7 nitrogen and oxygen atoms in total. The number of aromatic nitrogens is 2. The third-order valence-corrected chi connectivity index (χ3v) is 4.20. The molecule has 0 unspecified atom stereocenters. The number of carbonyl (C=O) groups is 1. The van der Waals surface area contributed by atoms with Gasteiger partial charge in [0, 0.05) is 26.2 Å². The number of H-pyrrole nitrogens is 1. The van der Waals surface area contributed by atoms with Crippen LogP contribution in [-0.4, -0.2) is 47.0 Å². The van der Waals surface area contributed by atoms with Gasteiger partial charge in [0.25, 0.3) is 11.5 Å². The van der Waals surface area contributed by atoms with E-state index in [9.17, 15) is 9.59 Å². The summed E-state index contributed by atoms with van der Waals surface area (Å²) in [5, 5.41) is 0.577. The number of hydrogen-bond donors (Lipinski definition) is 1. The number of aromatic amines is 1. The van der Waals surface area contributed by atoms with Gasteiger partial charge in [-0.15, -0.1) is 0 Å². The second kappa shape index (κ2) is 5.84. The van der Waals surface area contributed by atoms with Crippen LogP contribution in [-0.2, 0) is 0 Å². The lowest BCUT2D eigenvalue weighted by atomic mass is 10.2. The summed E-state index contributed by atoms with van der Waals surface area (Å²) in [5.41, 5.74) is 0.523. The molecule has 24 heavy (non-hydrogen) atoms. The second-order valence-corrected chi connectivity index (χ2v) is 5.66. The lowest BCUT2D eigenvalue weighted by Crippen LogP contribution is -2.49. The highest BCUT2D eigenvalue weighted by molar-refractivity contribution is 5.91. The Morgan fingerprint density at radius 2 is 1.88 bits per heavy atom. The molecule has 1 aromatic carbocycles. The summed E-state index contributed by atoms with van der Waals surface area (Å²) in [7, 11) is 0. The molecule has 1 aliphatic heterocycles. The Kier molecular flexibility index (Phi) is 3.53. The third-order valence-electron chi connectivity index (χ3n) is 4.20. The van der Waals surface area contributed by atoms with E-state index in [1.165, 1.54) is 6.26 Å². The van der Waals surface area contributed by atoms with Crippen molar-refractivity contribution in [1.29, 1.82) is 0 Å². The maximum Gasteiger partial charge on any atom is 0.289 e. The summed E-state index contributed by atoms with van der Waals surface area (Å²) in [6.07, 6.45) is 1.49. The van der Waals surface area contributed by atoms with Crippen molar-refractivity contribution in [2.75, 3.05) is 31.1 Å². The molecule has 0 spiro atoms. The average molecular weight is 324 g/mol. The first-order chi connectivity index (χ1) is 11.7. The summed E-state index contributed by atoms with van der Waals surface area (Å²) >= 11 is 0. The molecule has 0 radical (unpaired) electrons. The quantitative estimate of drug-likeness (QED) is 0.772. The molecule has 0 aliphatic carbocycles. The summed E-state index contributed by atoms with van der Waals surface area (Å²) in [5.74, 6) is 0.782. The van der Waals surface area contributed by atoms with Crippen LogP contribution >= 0.6 is 0 Å². The Balaban J connectivity index is 1.52. The van der Waals surface area contributed by atoms with Gasteiger partial charge in [-0.05, 0) is 24.3 Å². The maximum absolute atomic E-state index is 12.3. The molecule has 3 heterocycles. The molecule has 7 heteroatoms. The van der Waals surface area contributed by atoms with Gasteiger partial charge in [0.15, 0.2) is 5.76 Å². The first-order valence-electron chi connectivity index (χ1n) is 7.79. The number of hydrogen-bond acceptors (Lipinski definition) is 5. The predicted octanol–water partition coefficient (Wildman–Crippen LogP) is 1.48. The van der Waals surface area contributed by atoms with Crippen molar-refractivity contribution in [3.05, 3.63) is 58.8 Å². The van der Waals surface area contributed by atoms with E-state index in [-0.39, 0.29) is 11.5 Å². The molecule has 1 fully saturated rings. The van der Waals surface area contributed by atoms with E-state index >= 15 is 0 Å². The van der Waals surface area contributed by atoms with Gasteiger partial charge in [0.1, 0.15) is 0 Å². The monoisotopic (exact) mass is 324 g/mol. The van der Waals surface area contributed by atoms with Gasteiger partial charge >= 0.3 is 0 Å². The van der Waals surface area contributed by atoms with Crippen molar-refractivity contribution in [2.45, 2.75) is 0 Å². The van der Waals surface area contributed by atoms with E-state index < -0.39 is 0 Å². The minimum atomic E-state index is -0.148. The van der Waals surface area contributed by atoms with E-state index in [1.54, 1.807) is 23.1 Å². The molecule has 2 aromatic heterocycles. The van der Waals surface area contributed by atoms with Gasteiger partial charge in [0.05, 0.1) is 17.2 Å². The van der Waals surface area contributed by atoms with Crippen LogP contribution in [0.3, 0.4) is 0 Å². The summed E-state index contributed by atoms with van der Waals surface area (Å²) in [6.45, 7) is 2.31. The Bertz CT molecular complexity index is 924. The van der Waals surface area contributed by atoms with Crippen molar-refractivity contribution in [1.82, 2.24) is 14.9 Å². The van der Waals surface area contributed by atoms with Gasteiger partial charge in [-0.3, -0.25) is 14.6 Å². The Hall–Kier alpha value is -3.09. The molecule has 0 bridgehead atoms. The number of anilines is 1. The third kappa shape index (κ3) is 2.54. The van der Waals surface area contributed by atoms with Gasteiger partial charge < -0.3 is 14.2 Å². The minimum Gasteiger partial charge on any atom is -0.459 e. The lowest BCUT2D eigenvalue weighted by molar-refractivity contribution is 0.0714. The average Bonchev–Trinajstić information content (AvgIpc) is 3.16. The first kappa shape index (κ1) is 14.5. The molecule has 3 aromatic rings. The fraction of sp³-hybridized carbons (Fsp3) is 0.235. The van der Waals surface area contributed by atoms with Crippen molar-refractivity contribution in [3.8, 4) is 0 Å². The largest absolute Gasteiger partial charge is 0.459 e. The number of para-hydroxylation sites is 1. The van der Waals surface area contributed by atoms with Crippen LogP contribution in [0.1, 0.15) is 10.6 Å². The normalized spacial score (nSPS) is 15.0. The molecule has 122 valence electrons. The highest BCUT2D eigenvalue weighted by Gasteiger charge is 2.24. The molecule has 0 saturated carbocycles. The number of fused-ring (bicyclic) bond motifs is 1. The van der Waals surface area contributed by atoms with Crippen molar-refractivity contribution < 1.29 is 9.21 Å². The fourth-order valence-electron chi connectivity index (χ4n) is 2.90. The van der Waals surface area contributed by atoms with Crippen molar-refractivity contribution >= 4 is 22.8 Å². The van der Waals surface area contributed by atoms with Crippen LogP contribution in [0.25, 0.3) is 10.9 Å². The molecular weight excluding hydrogens is 308 g/mol. The molecule has 1 saturated heterocycles. The standard InChI is InChI=1S/C17H16N4O3/c22-15-12-4-1-2-5-13(12)18-17(19-15)21-9-7-20(8-10-21)16(23)14-6-3-11-24-14/h1-6,11H,7-10H2,(H,18,19,22). The fourth-order valence-corrected chi connectivity index (χ4v) is 2.90. The molecule has 1 amide bonds. The van der Waals surface area contributed by atoms with Crippen LogP contribution < -0.4 is 10.5 Å². The summed E-state index contributed by atoms with van der Waals surface area (Å²) in [4.78, 5) is 35.5. The number of amides is 1. The first-order valence-corrected chi connectivity index (χ1v) is 7.79. The van der Waals surface area contributed by atoms with E-state index in [0.717, 1.165) is 0 Å². The van der Waals surface area contributed by atoms with Crippen LogP contribution in [0.4, 0.5) is 5.95 Å². The van der Waals surface area contributed by atoms with Crippen molar-refractivity contribution in [3.63, 3.8) is 0 Å². The molecule has 1 aliphatic rings. The number of furan rings is 1. The number of nitrogens with zero attached hydrogens (tertiary/aromatic N) is 3. The van der Waals surface area contributed by atoms with E-state index in [4.69, 9.17) is 4.42 Å².